The SMILES string of the molecule is NCCC(O)C(=O)O.[NaH]. The first kappa shape index (κ1) is 12.1. The Hall–Kier alpha value is 0.390. The molecule has 0 saturated carbocycles. The van der Waals surface area contributed by atoms with Crippen LogP contribution in [0.3, 0.4) is 0 Å². The van der Waals surface area contributed by atoms with Crippen molar-refractivity contribution in [2.45, 2.75) is 12.5 Å². The molecule has 4 N–H and O–H groups in total. The molecule has 5 heteroatoms. The predicted molar refractivity (Wildman–Crippen MR) is 34.5 cm³/mol. The summed E-state index contributed by atoms with van der Waals surface area (Å²) in [7, 11) is 0. The maximum atomic E-state index is 9.78. The molecule has 0 bridgehead atoms. The van der Waals surface area contributed by atoms with Gasteiger partial charge in [-0.2, -0.15) is 0 Å². The van der Waals surface area contributed by atoms with Gasteiger partial charge >= 0.3 is 35.5 Å². The Labute approximate surface area is 75.3 Å². The van der Waals surface area contributed by atoms with Crippen LogP contribution in [0, 0.1) is 0 Å². The average molecular weight is 143 g/mol. The van der Waals surface area contributed by atoms with Gasteiger partial charge in [0.2, 0.25) is 0 Å². The summed E-state index contributed by atoms with van der Waals surface area (Å²) in [6.07, 6.45) is -1.17. The Kier molecular flexibility index (Phi) is 8.75. The van der Waals surface area contributed by atoms with Crippen molar-refractivity contribution in [1.29, 1.82) is 0 Å². The third-order valence-corrected chi connectivity index (χ3v) is 0.725. The average Bonchev–Trinajstić information content (AvgIpc) is 1.67. The van der Waals surface area contributed by atoms with Crippen molar-refractivity contribution in [1.82, 2.24) is 0 Å². The summed E-state index contributed by atoms with van der Waals surface area (Å²) in [4.78, 5) is 9.78. The molecular weight excluding hydrogens is 133 g/mol. The summed E-state index contributed by atoms with van der Waals surface area (Å²) in [5, 5.41) is 16.5. The molecule has 0 aliphatic heterocycles. The number of carbonyl (C=O) groups is 1. The molecule has 0 aromatic heterocycles. The van der Waals surface area contributed by atoms with Crippen molar-refractivity contribution >= 4 is 35.5 Å². The molecule has 50 valence electrons. The summed E-state index contributed by atoms with van der Waals surface area (Å²) in [5.74, 6) is -1.21. The molecule has 1 atom stereocenters. The van der Waals surface area contributed by atoms with Gasteiger partial charge in [0.25, 0.3) is 0 Å². The first-order chi connectivity index (χ1) is 3.68. The van der Waals surface area contributed by atoms with Crippen LogP contribution in [0.15, 0.2) is 0 Å². The summed E-state index contributed by atoms with van der Waals surface area (Å²) in [5.41, 5.74) is 4.94. The molecular formula is C4H10NNaO3. The van der Waals surface area contributed by atoms with E-state index in [9.17, 15) is 4.79 Å². The zero-order valence-electron chi connectivity index (χ0n) is 4.37. The topological polar surface area (TPSA) is 83.5 Å². The van der Waals surface area contributed by atoms with Crippen LogP contribution in [0.25, 0.3) is 0 Å². The minimum absolute atomic E-state index is 0. The molecule has 0 radical (unpaired) electrons. The van der Waals surface area contributed by atoms with E-state index < -0.39 is 12.1 Å². The van der Waals surface area contributed by atoms with Crippen LogP contribution in [0.2, 0.25) is 0 Å². The number of aliphatic hydroxyl groups excluding tert-OH is 1. The van der Waals surface area contributed by atoms with Gasteiger partial charge in [-0.05, 0) is 13.0 Å². The molecule has 0 aromatic rings. The van der Waals surface area contributed by atoms with E-state index in [0.29, 0.717) is 0 Å². The van der Waals surface area contributed by atoms with Gasteiger partial charge in [-0.1, -0.05) is 0 Å². The first-order valence-electron chi connectivity index (χ1n) is 2.29. The van der Waals surface area contributed by atoms with Gasteiger partial charge in [0, 0.05) is 0 Å². The Morgan fingerprint density at radius 3 is 2.22 bits per heavy atom. The molecule has 9 heavy (non-hydrogen) atoms. The van der Waals surface area contributed by atoms with Gasteiger partial charge in [-0.3, -0.25) is 0 Å². The Morgan fingerprint density at radius 2 is 2.11 bits per heavy atom. The number of aliphatic carboxylic acids is 1. The van der Waals surface area contributed by atoms with Gasteiger partial charge in [0.15, 0.2) is 6.10 Å². The molecule has 0 saturated heterocycles. The van der Waals surface area contributed by atoms with E-state index in [2.05, 4.69) is 0 Å². The summed E-state index contributed by atoms with van der Waals surface area (Å²) >= 11 is 0. The molecule has 0 heterocycles. The number of carboxylic acid groups (broad SMARTS) is 1. The van der Waals surface area contributed by atoms with E-state index in [-0.39, 0.29) is 42.5 Å². The normalized spacial score (nSPS) is 11.8. The van der Waals surface area contributed by atoms with Crippen LogP contribution < -0.4 is 5.73 Å². The van der Waals surface area contributed by atoms with Crippen LogP contribution in [0.1, 0.15) is 6.42 Å². The molecule has 0 rings (SSSR count). The van der Waals surface area contributed by atoms with Gasteiger partial charge in [0.1, 0.15) is 0 Å². The van der Waals surface area contributed by atoms with Crippen molar-refractivity contribution < 1.29 is 15.0 Å². The summed E-state index contributed by atoms with van der Waals surface area (Å²) < 4.78 is 0. The fourth-order valence-electron chi connectivity index (χ4n) is 0.281. The second-order valence-electron chi connectivity index (χ2n) is 1.43. The Bertz CT molecular complexity index is 87.9. The second kappa shape index (κ2) is 6.51. The Morgan fingerprint density at radius 1 is 1.67 bits per heavy atom. The molecule has 4 nitrogen and oxygen atoms in total. The standard InChI is InChI=1S/C4H9NO3.Na.H/c5-2-1-3(6)4(7)8;;/h3,6H,1-2,5H2,(H,7,8);;. The van der Waals surface area contributed by atoms with Crippen molar-refractivity contribution in [3.8, 4) is 0 Å². The van der Waals surface area contributed by atoms with Gasteiger partial charge in [-0.15, -0.1) is 0 Å². The van der Waals surface area contributed by atoms with Crippen LogP contribution in [-0.2, 0) is 4.79 Å². The van der Waals surface area contributed by atoms with Gasteiger partial charge < -0.3 is 15.9 Å². The van der Waals surface area contributed by atoms with Crippen LogP contribution in [0.4, 0.5) is 0 Å². The van der Waals surface area contributed by atoms with E-state index in [4.69, 9.17) is 15.9 Å². The predicted octanol–water partition coefficient (Wildman–Crippen LogP) is -1.87. The molecule has 1 unspecified atom stereocenters. The number of nitrogens with two attached hydrogens (primary N) is 1. The quantitative estimate of drug-likeness (QED) is 0.404. The molecule has 0 spiro atoms. The first-order valence-corrected chi connectivity index (χ1v) is 2.29. The summed E-state index contributed by atoms with van der Waals surface area (Å²) in [6, 6.07) is 0. The van der Waals surface area contributed by atoms with E-state index >= 15 is 0 Å². The fourth-order valence-corrected chi connectivity index (χ4v) is 0.281. The van der Waals surface area contributed by atoms with Gasteiger partial charge in [-0.25, -0.2) is 4.79 Å². The number of hydrogen-bond donors (Lipinski definition) is 3. The van der Waals surface area contributed by atoms with E-state index in [0.717, 1.165) is 0 Å². The van der Waals surface area contributed by atoms with E-state index in [1.54, 1.807) is 0 Å². The number of rotatable bonds is 3. The number of hydrogen-bond acceptors (Lipinski definition) is 3. The van der Waals surface area contributed by atoms with Crippen LogP contribution in [-0.4, -0.2) is 58.4 Å². The monoisotopic (exact) mass is 143 g/mol. The molecule has 0 fully saturated rings. The van der Waals surface area contributed by atoms with Crippen LogP contribution in [0.5, 0.6) is 0 Å². The molecule has 0 aliphatic carbocycles. The molecule has 0 amide bonds. The molecule has 0 aromatic carbocycles. The molecule has 0 aliphatic rings. The van der Waals surface area contributed by atoms with Crippen molar-refractivity contribution in [2.75, 3.05) is 6.54 Å². The van der Waals surface area contributed by atoms with Crippen molar-refractivity contribution in [3.63, 3.8) is 0 Å². The third kappa shape index (κ3) is 6.27. The fraction of sp³-hybridized carbons (Fsp3) is 0.750. The number of aliphatic hydroxyl groups is 1. The zero-order chi connectivity index (χ0) is 6.57. The van der Waals surface area contributed by atoms with Crippen molar-refractivity contribution in [3.05, 3.63) is 0 Å². The van der Waals surface area contributed by atoms with Crippen LogP contribution >= 0.6 is 0 Å². The second-order valence-corrected chi connectivity index (χ2v) is 1.43. The van der Waals surface area contributed by atoms with E-state index in [1.165, 1.54) is 0 Å². The summed E-state index contributed by atoms with van der Waals surface area (Å²) in [6.45, 7) is 0.202. The maximum absolute atomic E-state index is 9.78. The van der Waals surface area contributed by atoms with Gasteiger partial charge in [0.05, 0.1) is 0 Å². The Balaban J connectivity index is 0. The zero-order valence-corrected chi connectivity index (χ0v) is 4.37. The third-order valence-electron chi connectivity index (χ3n) is 0.725. The number of carboxylic acids is 1. The van der Waals surface area contributed by atoms with Crippen molar-refractivity contribution in [2.24, 2.45) is 5.73 Å². The van der Waals surface area contributed by atoms with E-state index in [1.807, 2.05) is 0 Å². The minimum atomic E-state index is -1.29.